The van der Waals surface area contributed by atoms with Crippen molar-refractivity contribution in [3.05, 3.63) is 0 Å². The molecular formula is C16H26N2O3. The first-order valence-electron chi connectivity index (χ1n) is 8.39. The summed E-state index contributed by atoms with van der Waals surface area (Å²) in [5.41, 5.74) is 0. The molecule has 0 radical (unpaired) electrons. The fourth-order valence-electron chi connectivity index (χ4n) is 4.04. The molecule has 5 heteroatoms. The van der Waals surface area contributed by atoms with Gasteiger partial charge in [0.2, 0.25) is 11.8 Å². The van der Waals surface area contributed by atoms with Crippen LogP contribution in [0.25, 0.3) is 0 Å². The first-order chi connectivity index (χ1) is 10.2. The Balaban J connectivity index is 1.77. The topological polar surface area (TPSA) is 58.6 Å². The summed E-state index contributed by atoms with van der Waals surface area (Å²) in [6.07, 6.45) is 7.62. The van der Waals surface area contributed by atoms with Crippen LogP contribution in [0.2, 0.25) is 0 Å². The number of nitrogens with one attached hydrogen (secondary N) is 1. The Labute approximate surface area is 126 Å². The van der Waals surface area contributed by atoms with Gasteiger partial charge >= 0.3 is 0 Å². The lowest BCUT2D eigenvalue weighted by Gasteiger charge is -2.45. The Morgan fingerprint density at radius 2 is 1.86 bits per heavy atom. The number of carbonyl (C=O) groups is 2. The van der Waals surface area contributed by atoms with E-state index in [1.165, 1.54) is 19.3 Å². The van der Waals surface area contributed by atoms with E-state index in [9.17, 15) is 9.59 Å². The summed E-state index contributed by atoms with van der Waals surface area (Å²) >= 11 is 0. The zero-order valence-electron chi connectivity index (χ0n) is 12.8. The molecule has 118 valence electrons. The molecule has 1 saturated carbocycles. The minimum absolute atomic E-state index is 0.00394. The van der Waals surface area contributed by atoms with Crippen molar-refractivity contribution in [3.63, 3.8) is 0 Å². The Morgan fingerprint density at radius 1 is 1.10 bits per heavy atom. The first-order valence-corrected chi connectivity index (χ1v) is 8.39. The summed E-state index contributed by atoms with van der Waals surface area (Å²) in [7, 11) is 0. The standard InChI is InChI=1S/C16H26N2O3/c1-11-15(19)17-14(12-6-3-2-4-7-12)16(20)18(11)13-8-5-9-21-10-13/h11-14H,2-10H2,1H3,(H,17,19). The van der Waals surface area contributed by atoms with Crippen molar-refractivity contribution < 1.29 is 14.3 Å². The van der Waals surface area contributed by atoms with Crippen molar-refractivity contribution in [3.8, 4) is 0 Å². The summed E-state index contributed by atoms with van der Waals surface area (Å²) < 4.78 is 5.52. The van der Waals surface area contributed by atoms with Crippen molar-refractivity contribution in [1.29, 1.82) is 0 Å². The first kappa shape index (κ1) is 14.8. The fraction of sp³-hybridized carbons (Fsp3) is 0.875. The molecule has 1 aliphatic carbocycles. The van der Waals surface area contributed by atoms with Gasteiger partial charge in [0.05, 0.1) is 12.6 Å². The fourth-order valence-corrected chi connectivity index (χ4v) is 4.04. The third kappa shape index (κ3) is 2.93. The van der Waals surface area contributed by atoms with Gasteiger partial charge < -0.3 is 15.0 Å². The van der Waals surface area contributed by atoms with E-state index >= 15 is 0 Å². The zero-order valence-corrected chi connectivity index (χ0v) is 12.8. The molecule has 2 amide bonds. The second-order valence-corrected chi connectivity index (χ2v) is 6.68. The van der Waals surface area contributed by atoms with Crippen molar-refractivity contribution in [2.45, 2.75) is 70.0 Å². The summed E-state index contributed by atoms with van der Waals surface area (Å²) in [6.45, 7) is 3.17. The van der Waals surface area contributed by atoms with Gasteiger partial charge in [-0.1, -0.05) is 19.3 Å². The van der Waals surface area contributed by atoms with Crippen molar-refractivity contribution in [1.82, 2.24) is 10.2 Å². The molecule has 3 aliphatic rings. The van der Waals surface area contributed by atoms with Gasteiger partial charge in [0.1, 0.15) is 12.1 Å². The van der Waals surface area contributed by atoms with Crippen molar-refractivity contribution >= 4 is 11.8 Å². The van der Waals surface area contributed by atoms with Gasteiger partial charge in [-0.3, -0.25) is 9.59 Å². The van der Waals surface area contributed by atoms with Crippen LogP contribution in [0.3, 0.4) is 0 Å². The molecule has 0 aromatic carbocycles. The molecule has 2 saturated heterocycles. The quantitative estimate of drug-likeness (QED) is 0.839. The van der Waals surface area contributed by atoms with Gasteiger partial charge in [0.15, 0.2) is 0 Å². The molecular weight excluding hydrogens is 268 g/mol. The summed E-state index contributed by atoms with van der Waals surface area (Å²) in [5.74, 6) is 0.426. The number of hydrogen-bond acceptors (Lipinski definition) is 3. The molecule has 5 nitrogen and oxygen atoms in total. The summed E-state index contributed by atoms with van der Waals surface area (Å²) in [5, 5.41) is 2.98. The molecule has 2 aliphatic heterocycles. The molecule has 3 unspecified atom stereocenters. The van der Waals surface area contributed by atoms with E-state index in [1.807, 2.05) is 11.8 Å². The smallest absolute Gasteiger partial charge is 0.246 e. The number of amides is 2. The maximum absolute atomic E-state index is 12.9. The highest BCUT2D eigenvalue weighted by atomic mass is 16.5. The Kier molecular flexibility index (Phi) is 4.48. The molecule has 0 aromatic rings. The third-order valence-corrected chi connectivity index (χ3v) is 5.27. The number of carbonyl (C=O) groups excluding carboxylic acids is 2. The molecule has 0 bridgehead atoms. The van der Waals surface area contributed by atoms with E-state index in [1.54, 1.807) is 0 Å². The Hall–Kier alpha value is -1.10. The van der Waals surface area contributed by atoms with Crippen LogP contribution in [-0.2, 0) is 14.3 Å². The van der Waals surface area contributed by atoms with Gasteiger partial charge in [0.25, 0.3) is 0 Å². The van der Waals surface area contributed by atoms with Gasteiger partial charge in [0, 0.05) is 6.61 Å². The monoisotopic (exact) mass is 294 g/mol. The predicted octanol–water partition coefficient (Wildman–Crippen LogP) is 1.46. The molecule has 0 spiro atoms. The molecule has 0 aromatic heterocycles. The Bertz CT molecular complexity index is 400. The maximum Gasteiger partial charge on any atom is 0.246 e. The molecule has 3 fully saturated rings. The van der Waals surface area contributed by atoms with Crippen molar-refractivity contribution in [2.75, 3.05) is 13.2 Å². The lowest BCUT2D eigenvalue weighted by molar-refractivity contribution is -0.156. The van der Waals surface area contributed by atoms with Crippen LogP contribution in [0.15, 0.2) is 0 Å². The lowest BCUT2D eigenvalue weighted by Crippen LogP contribution is -2.67. The normalized spacial score (nSPS) is 35.7. The number of rotatable bonds is 2. The van der Waals surface area contributed by atoms with E-state index < -0.39 is 0 Å². The molecule has 2 heterocycles. The van der Waals surface area contributed by atoms with E-state index in [4.69, 9.17) is 4.74 Å². The average molecular weight is 294 g/mol. The van der Waals surface area contributed by atoms with E-state index in [-0.39, 0.29) is 29.9 Å². The van der Waals surface area contributed by atoms with E-state index in [0.717, 1.165) is 32.3 Å². The van der Waals surface area contributed by atoms with Crippen LogP contribution < -0.4 is 5.32 Å². The second-order valence-electron chi connectivity index (χ2n) is 6.68. The van der Waals surface area contributed by atoms with E-state index in [2.05, 4.69) is 5.32 Å². The molecule has 21 heavy (non-hydrogen) atoms. The van der Waals surface area contributed by atoms with E-state index in [0.29, 0.717) is 12.5 Å². The van der Waals surface area contributed by atoms with Crippen LogP contribution in [0.5, 0.6) is 0 Å². The largest absolute Gasteiger partial charge is 0.379 e. The Morgan fingerprint density at radius 3 is 2.52 bits per heavy atom. The predicted molar refractivity (Wildman–Crippen MR) is 78.7 cm³/mol. The summed E-state index contributed by atoms with van der Waals surface area (Å²) in [4.78, 5) is 27.1. The third-order valence-electron chi connectivity index (χ3n) is 5.27. The van der Waals surface area contributed by atoms with Gasteiger partial charge in [-0.15, -0.1) is 0 Å². The molecule has 3 atom stereocenters. The van der Waals surface area contributed by atoms with Gasteiger partial charge in [-0.05, 0) is 38.5 Å². The van der Waals surface area contributed by atoms with Crippen molar-refractivity contribution in [2.24, 2.45) is 5.92 Å². The highest BCUT2D eigenvalue weighted by molar-refractivity contribution is 5.97. The SMILES string of the molecule is CC1C(=O)NC(C2CCCCC2)C(=O)N1C1CCCOC1. The number of nitrogens with zero attached hydrogens (tertiary/aromatic N) is 1. The van der Waals surface area contributed by atoms with Crippen LogP contribution >= 0.6 is 0 Å². The average Bonchev–Trinajstić information content (AvgIpc) is 2.53. The maximum atomic E-state index is 12.9. The molecule has 3 rings (SSSR count). The molecule has 1 N–H and O–H groups in total. The van der Waals surface area contributed by atoms with Crippen LogP contribution in [0.1, 0.15) is 51.9 Å². The highest BCUT2D eigenvalue weighted by Gasteiger charge is 2.44. The number of hydrogen-bond donors (Lipinski definition) is 1. The van der Waals surface area contributed by atoms with Crippen LogP contribution in [0.4, 0.5) is 0 Å². The number of piperazine rings is 1. The highest BCUT2D eigenvalue weighted by Crippen LogP contribution is 2.30. The number of ether oxygens (including phenoxy) is 1. The second kappa shape index (κ2) is 6.34. The van der Waals surface area contributed by atoms with Gasteiger partial charge in [-0.25, -0.2) is 0 Å². The van der Waals surface area contributed by atoms with Gasteiger partial charge in [-0.2, -0.15) is 0 Å². The van der Waals surface area contributed by atoms with Crippen LogP contribution in [0, 0.1) is 5.92 Å². The zero-order chi connectivity index (χ0) is 14.8. The minimum Gasteiger partial charge on any atom is -0.379 e. The minimum atomic E-state index is -0.371. The summed E-state index contributed by atoms with van der Waals surface area (Å²) in [6, 6.07) is -0.613. The van der Waals surface area contributed by atoms with Crippen LogP contribution in [-0.4, -0.2) is 48.1 Å². The lowest BCUT2D eigenvalue weighted by atomic mass is 9.82.